The van der Waals surface area contributed by atoms with E-state index in [-0.39, 0.29) is 31.5 Å². The Labute approximate surface area is 221 Å². The van der Waals surface area contributed by atoms with E-state index in [1.165, 1.54) is 0 Å². The summed E-state index contributed by atoms with van der Waals surface area (Å²) in [5.74, 6) is -0.358. The van der Waals surface area contributed by atoms with Gasteiger partial charge in [0.1, 0.15) is 11.5 Å². The molecule has 4 aromatic rings. The van der Waals surface area contributed by atoms with Gasteiger partial charge in [0, 0.05) is 24.0 Å². The lowest BCUT2D eigenvalue weighted by Gasteiger charge is -2.17. The number of amides is 2. The van der Waals surface area contributed by atoms with Gasteiger partial charge in [0.2, 0.25) is 5.91 Å². The van der Waals surface area contributed by atoms with Gasteiger partial charge in [-0.1, -0.05) is 66.7 Å². The minimum Gasteiger partial charge on any atom is -0.457 e. The van der Waals surface area contributed by atoms with Crippen LogP contribution in [0, 0.1) is 5.92 Å². The van der Waals surface area contributed by atoms with Crippen LogP contribution >= 0.6 is 0 Å². The van der Waals surface area contributed by atoms with Crippen molar-refractivity contribution in [3.8, 4) is 11.5 Å². The molecule has 0 radical (unpaired) electrons. The van der Waals surface area contributed by atoms with E-state index in [0.717, 1.165) is 22.1 Å². The van der Waals surface area contributed by atoms with Crippen LogP contribution in [-0.4, -0.2) is 30.9 Å². The average molecular weight is 509 g/mol. The number of fused-ring (bicyclic) bond motifs is 1. The first-order chi connectivity index (χ1) is 18.5. The molecule has 5 rings (SSSR count). The summed E-state index contributed by atoms with van der Waals surface area (Å²) in [4.78, 5) is 39.1. The highest BCUT2D eigenvalue weighted by atomic mass is 16.5. The maximum absolute atomic E-state index is 12.7. The van der Waals surface area contributed by atoms with Gasteiger partial charge in [-0.2, -0.15) is 0 Å². The summed E-state index contributed by atoms with van der Waals surface area (Å²) in [5.41, 5.74) is 1.63. The van der Waals surface area contributed by atoms with Gasteiger partial charge in [0.25, 0.3) is 5.91 Å². The fourth-order valence-electron chi connectivity index (χ4n) is 4.58. The van der Waals surface area contributed by atoms with Crippen molar-refractivity contribution >= 4 is 34.2 Å². The number of carbonyl (C=O) groups is 3. The van der Waals surface area contributed by atoms with Crippen LogP contribution in [0.25, 0.3) is 10.8 Å². The highest BCUT2D eigenvalue weighted by Gasteiger charge is 2.36. The summed E-state index contributed by atoms with van der Waals surface area (Å²) < 4.78 is 11.3. The van der Waals surface area contributed by atoms with Crippen LogP contribution in [0.5, 0.6) is 11.5 Å². The standard InChI is InChI=1S/C31H28N2O5/c1-21(22-8-3-2-4-9-22)32-29(34)20-37-31(36)24-18-30(35)33(19-24)25-14-16-26(17-15-25)38-28-13-7-11-23-10-5-6-12-27(23)28/h2-17,21,24H,18-20H2,1H3,(H,32,34)/t21-,24-/m0/s1. The number of esters is 1. The number of hydrogen-bond donors (Lipinski definition) is 1. The Morgan fingerprint density at radius 3 is 2.42 bits per heavy atom. The molecule has 2 atom stereocenters. The third-order valence-corrected chi connectivity index (χ3v) is 6.61. The highest BCUT2D eigenvalue weighted by Crippen LogP contribution is 2.32. The minimum atomic E-state index is -0.631. The van der Waals surface area contributed by atoms with Crippen molar-refractivity contribution in [2.24, 2.45) is 5.92 Å². The zero-order valence-electron chi connectivity index (χ0n) is 21.0. The fraction of sp³-hybridized carbons (Fsp3) is 0.194. The molecule has 7 heteroatoms. The molecule has 1 N–H and O–H groups in total. The van der Waals surface area contributed by atoms with E-state index in [2.05, 4.69) is 5.32 Å². The van der Waals surface area contributed by atoms with Crippen molar-refractivity contribution in [1.29, 1.82) is 0 Å². The van der Waals surface area contributed by atoms with Crippen molar-refractivity contribution in [1.82, 2.24) is 5.32 Å². The SMILES string of the molecule is C[C@H](NC(=O)COC(=O)[C@H]1CC(=O)N(c2ccc(Oc3cccc4ccccc34)cc2)C1)c1ccccc1. The molecule has 1 fully saturated rings. The van der Waals surface area contributed by atoms with Crippen LogP contribution < -0.4 is 15.0 Å². The number of anilines is 1. The Hall–Kier alpha value is -4.65. The van der Waals surface area contributed by atoms with Gasteiger partial charge in [-0.05, 0) is 48.2 Å². The third kappa shape index (κ3) is 5.67. The van der Waals surface area contributed by atoms with E-state index in [4.69, 9.17) is 9.47 Å². The summed E-state index contributed by atoms with van der Waals surface area (Å²) in [5, 5.41) is 4.91. The molecule has 1 aliphatic heterocycles. The summed E-state index contributed by atoms with van der Waals surface area (Å²) in [6.07, 6.45) is 0.0368. The predicted octanol–water partition coefficient (Wildman–Crippen LogP) is 5.41. The number of benzene rings is 4. The maximum atomic E-state index is 12.7. The molecule has 0 saturated carbocycles. The van der Waals surface area contributed by atoms with Crippen LogP contribution in [0.4, 0.5) is 5.69 Å². The minimum absolute atomic E-state index is 0.0368. The average Bonchev–Trinajstić information content (AvgIpc) is 3.34. The van der Waals surface area contributed by atoms with Crippen LogP contribution in [0.2, 0.25) is 0 Å². The molecule has 192 valence electrons. The summed E-state index contributed by atoms with van der Waals surface area (Å²) in [7, 11) is 0. The monoisotopic (exact) mass is 508 g/mol. The highest BCUT2D eigenvalue weighted by molar-refractivity contribution is 5.99. The lowest BCUT2D eigenvalue weighted by Crippen LogP contribution is -2.32. The van der Waals surface area contributed by atoms with Gasteiger partial charge in [-0.15, -0.1) is 0 Å². The fourth-order valence-corrected chi connectivity index (χ4v) is 4.58. The van der Waals surface area contributed by atoms with Gasteiger partial charge in [-0.25, -0.2) is 0 Å². The molecule has 1 heterocycles. The molecule has 38 heavy (non-hydrogen) atoms. The number of ether oxygens (including phenoxy) is 2. The van der Waals surface area contributed by atoms with Crippen molar-refractivity contribution in [3.63, 3.8) is 0 Å². The van der Waals surface area contributed by atoms with Gasteiger partial charge < -0.3 is 19.7 Å². The second-order valence-electron chi connectivity index (χ2n) is 9.29. The Kier molecular flexibility index (Phi) is 7.35. The van der Waals surface area contributed by atoms with Crippen molar-refractivity contribution in [2.75, 3.05) is 18.1 Å². The maximum Gasteiger partial charge on any atom is 0.311 e. The van der Waals surface area contributed by atoms with E-state index in [1.807, 2.05) is 79.7 Å². The molecule has 4 aromatic carbocycles. The largest absolute Gasteiger partial charge is 0.457 e. The van der Waals surface area contributed by atoms with E-state index < -0.39 is 17.8 Å². The van der Waals surface area contributed by atoms with Crippen molar-refractivity contribution in [3.05, 3.63) is 103 Å². The first kappa shape index (κ1) is 25.0. The second-order valence-corrected chi connectivity index (χ2v) is 9.29. The number of hydrogen-bond acceptors (Lipinski definition) is 5. The Morgan fingerprint density at radius 2 is 1.63 bits per heavy atom. The molecule has 1 saturated heterocycles. The van der Waals surface area contributed by atoms with Gasteiger partial charge in [-0.3, -0.25) is 14.4 Å². The van der Waals surface area contributed by atoms with E-state index in [9.17, 15) is 14.4 Å². The van der Waals surface area contributed by atoms with Crippen molar-refractivity contribution < 1.29 is 23.9 Å². The molecular weight excluding hydrogens is 480 g/mol. The first-order valence-electron chi connectivity index (χ1n) is 12.5. The number of carbonyl (C=O) groups excluding carboxylic acids is 3. The van der Waals surface area contributed by atoms with Gasteiger partial charge >= 0.3 is 5.97 Å². The second kappa shape index (κ2) is 11.2. The molecule has 1 aliphatic rings. The van der Waals surface area contributed by atoms with Gasteiger partial charge in [0.15, 0.2) is 6.61 Å². The van der Waals surface area contributed by atoms with Crippen LogP contribution in [-0.2, 0) is 19.1 Å². The van der Waals surface area contributed by atoms with E-state index in [0.29, 0.717) is 11.4 Å². The molecule has 0 spiro atoms. The van der Waals surface area contributed by atoms with E-state index in [1.54, 1.807) is 29.2 Å². The van der Waals surface area contributed by atoms with Gasteiger partial charge in [0.05, 0.1) is 12.0 Å². The number of nitrogens with one attached hydrogen (secondary N) is 1. The molecule has 7 nitrogen and oxygen atoms in total. The normalized spacial score (nSPS) is 15.8. The molecule has 0 aliphatic carbocycles. The third-order valence-electron chi connectivity index (χ3n) is 6.61. The number of rotatable bonds is 8. The molecule has 0 unspecified atom stereocenters. The summed E-state index contributed by atoms with van der Waals surface area (Å²) in [6, 6.07) is 30.4. The molecule has 2 amide bonds. The zero-order valence-corrected chi connectivity index (χ0v) is 21.0. The van der Waals surface area contributed by atoms with Crippen molar-refractivity contribution in [2.45, 2.75) is 19.4 Å². The quantitative estimate of drug-likeness (QED) is 0.322. The first-order valence-corrected chi connectivity index (χ1v) is 12.5. The lowest BCUT2D eigenvalue weighted by atomic mass is 10.1. The molecular formula is C31H28N2O5. The summed E-state index contributed by atoms with van der Waals surface area (Å²) in [6.45, 7) is 1.67. The smallest absolute Gasteiger partial charge is 0.311 e. The van der Waals surface area contributed by atoms with Crippen LogP contribution in [0.1, 0.15) is 24.9 Å². The molecule has 0 bridgehead atoms. The predicted molar refractivity (Wildman–Crippen MR) is 145 cm³/mol. The summed E-state index contributed by atoms with van der Waals surface area (Å²) >= 11 is 0. The van der Waals surface area contributed by atoms with E-state index >= 15 is 0 Å². The Bertz CT molecular complexity index is 1450. The Balaban J connectivity index is 1.15. The van der Waals surface area contributed by atoms with Crippen LogP contribution in [0.3, 0.4) is 0 Å². The van der Waals surface area contributed by atoms with Crippen LogP contribution in [0.15, 0.2) is 97.1 Å². The lowest BCUT2D eigenvalue weighted by molar-refractivity contribution is -0.152. The topological polar surface area (TPSA) is 84.9 Å². The molecule has 0 aromatic heterocycles. The Morgan fingerprint density at radius 1 is 0.921 bits per heavy atom. The zero-order chi connectivity index (χ0) is 26.5. The number of nitrogens with zero attached hydrogens (tertiary/aromatic N) is 1.